The van der Waals surface area contributed by atoms with E-state index in [1.807, 2.05) is 36.4 Å². The lowest BCUT2D eigenvalue weighted by atomic mass is 10.1. The van der Waals surface area contributed by atoms with Gasteiger partial charge in [0.2, 0.25) is 0 Å². The molecule has 4 rings (SSSR count). The lowest BCUT2D eigenvalue weighted by molar-refractivity contribution is -0.130. The highest BCUT2D eigenvalue weighted by Gasteiger charge is 2.15. The summed E-state index contributed by atoms with van der Waals surface area (Å²) in [4.78, 5) is 17.5. The summed E-state index contributed by atoms with van der Waals surface area (Å²) in [6, 6.07) is 20.5. The minimum Gasteiger partial charge on any atom is -0.472 e. The van der Waals surface area contributed by atoms with E-state index in [0.29, 0.717) is 28.9 Å². The van der Waals surface area contributed by atoms with Crippen LogP contribution in [0.15, 0.2) is 71.2 Å². The molecular formula is C25H18BrFN2O2S. The molecule has 0 radical (unpaired) electrons. The Kier molecular flexibility index (Phi) is 6.84. The highest BCUT2D eigenvalue weighted by atomic mass is 79.9. The van der Waals surface area contributed by atoms with Gasteiger partial charge >= 0.3 is 5.97 Å². The Labute approximate surface area is 197 Å². The number of aromatic nitrogens is 1. The fraction of sp³-hybridized carbons (Fsp3) is 0.120. The van der Waals surface area contributed by atoms with Crippen LogP contribution in [0, 0.1) is 17.7 Å². The number of anilines is 1. The first-order chi connectivity index (χ1) is 15.5. The molecule has 1 N–H and O–H groups in total. The number of hydrogen-bond acceptors (Lipinski definition) is 4. The van der Waals surface area contributed by atoms with Crippen LogP contribution in [-0.4, -0.2) is 22.6 Å². The largest absolute Gasteiger partial charge is 0.472 e. The third kappa shape index (κ3) is 5.34. The molecule has 0 aliphatic rings. The second-order valence-corrected chi connectivity index (χ2v) is 8.93. The lowest BCUT2D eigenvalue weighted by Crippen LogP contribution is -2.25. The van der Waals surface area contributed by atoms with Crippen molar-refractivity contribution in [3.8, 4) is 11.8 Å². The molecule has 1 aromatic heterocycles. The van der Waals surface area contributed by atoms with Gasteiger partial charge in [0.1, 0.15) is 5.82 Å². The molecule has 0 aliphatic heterocycles. The summed E-state index contributed by atoms with van der Waals surface area (Å²) in [6.45, 7) is 1.28. The first kappa shape index (κ1) is 22.0. The van der Waals surface area contributed by atoms with Crippen molar-refractivity contribution in [1.29, 1.82) is 0 Å². The van der Waals surface area contributed by atoms with Gasteiger partial charge in [-0.1, -0.05) is 69.6 Å². The first-order valence-electron chi connectivity index (χ1n) is 9.87. The minimum absolute atomic E-state index is 0.265. The van der Waals surface area contributed by atoms with Crippen molar-refractivity contribution < 1.29 is 14.3 Å². The van der Waals surface area contributed by atoms with Crippen molar-refractivity contribution in [3.63, 3.8) is 0 Å². The Hall–Kier alpha value is -3.21. The van der Waals surface area contributed by atoms with Crippen LogP contribution < -0.4 is 4.90 Å². The predicted molar refractivity (Wildman–Crippen MR) is 129 cm³/mol. The van der Waals surface area contributed by atoms with E-state index >= 15 is 0 Å². The zero-order chi connectivity index (χ0) is 22.5. The number of carbonyl (C=O) groups is 1. The first-order valence-corrected chi connectivity index (χ1v) is 11.5. The van der Waals surface area contributed by atoms with E-state index in [0.717, 1.165) is 21.6 Å². The van der Waals surface area contributed by atoms with Crippen LogP contribution in [0.3, 0.4) is 0 Å². The van der Waals surface area contributed by atoms with E-state index in [-0.39, 0.29) is 5.82 Å². The summed E-state index contributed by atoms with van der Waals surface area (Å²) in [5.41, 5.74) is 3.50. The molecule has 1 heterocycles. The average Bonchev–Trinajstić information content (AvgIpc) is 3.23. The Bertz CT molecular complexity index is 1330. The number of carboxylic acids is 1. The molecule has 4 aromatic rings. The topological polar surface area (TPSA) is 53.4 Å². The molecule has 160 valence electrons. The third-order valence-corrected chi connectivity index (χ3v) is 6.79. The highest BCUT2D eigenvalue weighted by Crippen LogP contribution is 2.32. The quantitative estimate of drug-likeness (QED) is 0.330. The molecule has 0 atom stereocenters. The molecule has 0 saturated carbocycles. The molecule has 0 bridgehead atoms. The van der Waals surface area contributed by atoms with Crippen molar-refractivity contribution in [2.75, 3.05) is 11.4 Å². The van der Waals surface area contributed by atoms with Crippen LogP contribution in [0.4, 0.5) is 9.52 Å². The number of thiazole rings is 1. The van der Waals surface area contributed by atoms with Gasteiger partial charge in [0.15, 0.2) is 5.13 Å². The van der Waals surface area contributed by atoms with E-state index in [2.05, 4.69) is 43.7 Å². The maximum Gasteiger partial charge on any atom is 0.382 e. The molecule has 0 fully saturated rings. The number of rotatable bonds is 6. The van der Waals surface area contributed by atoms with Crippen molar-refractivity contribution >= 4 is 48.6 Å². The minimum atomic E-state index is -1.16. The van der Waals surface area contributed by atoms with Gasteiger partial charge in [0.25, 0.3) is 0 Å². The summed E-state index contributed by atoms with van der Waals surface area (Å²) in [7, 11) is 0. The summed E-state index contributed by atoms with van der Waals surface area (Å²) < 4.78 is 15.9. The number of fused-ring (bicyclic) bond motifs is 1. The van der Waals surface area contributed by atoms with E-state index < -0.39 is 5.97 Å². The fourth-order valence-corrected chi connectivity index (χ4v) is 4.76. The second-order valence-electron chi connectivity index (χ2n) is 7.10. The van der Waals surface area contributed by atoms with Crippen molar-refractivity contribution in [2.45, 2.75) is 13.0 Å². The van der Waals surface area contributed by atoms with Crippen molar-refractivity contribution in [3.05, 3.63) is 93.7 Å². The van der Waals surface area contributed by atoms with Crippen LogP contribution in [0.1, 0.15) is 16.7 Å². The van der Waals surface area contributed by atoms with Gasteiger partial charge in [-0.25, -0.2) is 14.2 Å². The molecule has 3 aromatic carbocycles. The van der Waals surface area contributed by atoms with Crippen LogP contribution >= 0.6 is 27.3 Å². The summed E-state index contributed by atoms with van der Waals surface area (Å²) in [6.07, 6.45) is 0.794. The number of aliphatic carboxylic acids is 1. The predicted octanol–water partition coefficient (Wildman–Crippen LogP) is 5.88. The Morgan fingerprint density at radius 1 is 1.09 bits per heavy atom. The lowest BCUT2D eigenvalue weighted by Gasteiger charge is -2.22. The van der Waals surface area contributed by atoms with Crippen LogP contribution in [-0.2, 0) is 17.8 Å². The fourth-order valence-electron chi connectivity index (χ4n) is 3.28. The SMILES string of the molecule is O=C(O)C#Cc1ccc(CN(CCc2ccccc2Br)c2nc3cccc(F)c3s2)cc1. The average molecular weight is 509 g/mol. The normalized spacial score (nSPS) is 10.6. The van der Waals surface area contributed by atoms with E-state index in [1.165, 1.54) is 23.0 Å². The van der Waals surface area contributed by atoms with Crippen molar-refractivity contribution in [2.24, 2.45) is 0 Å². The van der Waals surface area contributed by atoms with E-state index in [1.54, 1.807) is 18.2 Å². The van der Waals surface area contributed by atoms with E-state index in [4.69, 9.17) is 5.11 Å². The Morgan fingerprint density at radius 3 is 2.59 bits per heavy atom. The number of hydrogen-bond donors (Lipinski definition) is 1. The van der Waals surface area contributed by atoms with Crippen LogP contribution in [0.5, 0.6) is 0 Å². The molecule has 0 unspecified atom stereocenters. The maximum absolute atomic E-state index is 14.3. The Morgan fingerprint density at radius 2 is 1.88 bits per heavy atom. The third-order valence-electron chi connectivity index (χ3n) is 4.88. The molecule has 0 spiro atoms. The Balaban J connectivity index is 1.61. The molecule has 32 heavy (non-hydrogen) atoms. The van der Waals surface area contributed by atoms with Gasteiger partial charge in [0.05, 0.1) is 10.2 Å². The van der Waals surface area contributed by atoms with Crippen LogP contribution in [0.2, 0.25) is 0 Å². The number of carboxylic acid groups (broad SMARTS) is 1. The second kappa shape index (κ2) is 9.94. The van der Waals surface area contributed by atoms with Gasteiger partial charge in [-0.05, 0) is 47.9 Å². The number of nitrogens with zero attached hydrogens (tertiary/aromatic N) is 2. The summed E-state index contributed by atoms with van der Waals surface area (Å²) >= 11 is 4.95. The smallest absolute Gasteiger partial charge is 0.382 e. The van der Waals surface area contributed by atoms with Gasteiger partial charge in [-0.15, -0.1) is 0 Å². The van der Waals surface area contributed by atoms with Crippen molar-refractivity contribution in [1.82, 2.24) is 4.98 Å². The van der Waals surface area contributed by atoms with Gasteiger partial charge < -0.3 is 10.0 Å². The maximum atomic E-state index is 14.3. The standard InChI is InChI=1S/C25H18BrFN2O2S/c26-20-5-2-1-4-19(20)14-15-29(25-28-22-7-3-6-21(27)24(22)32-25)16-18-10-8-17(9-11-18)12-13-23(30)31/h1-11H,14-16H2,(H,30,31). The summed E-state index contributed by atoms with van der Waals surface area (Å²) in [5, 5.41) is 9.47. The zero-order valence-electron chi connectivity index (χ0n) is 16.9. The van der Waals surface area contributed by atoms with Gasteiger partial charge in [-0.2, -0.15) is 0 Å². The molecule has 7 heteroatoms. The van der Waals surface area contributed by atoms with E-state index in [9.17, 15) is 9.18 Å². The number of halogens is 2. The zero-order valence-corrected chi connectivity index (χ0v) is 19.3. The van der Waals surface area contributed by atoms with Crippen LogP contribution in [0.25, 0.3) is 10.2 Å². The van der Waals surface area contributed by atoms with Gasteiger partial charge in [0, 0.05) is 29.0 Å². The molecular weight excluding hydrogens is 491 g/mol. The number of benzene rings is 3. The molecule has 4 nitrogen and oxygen atoms in total. The molecule has 0 saturated heterocycles. The van der Waals surface area contributed by atoms with Gasteiger partial charge in [-0.3, -0.25) is 0 Å². The summed E-state index contributed by atoms with van der Waals surface area (Å²) in [5.74, 6) is 3.31. The highest BCUT2D eigenvalue weighted by molar-refractivity contribution is 9.10. The molecule has 0 aliphatic carbocycles. The monoisotopic (exact) mass is 508 g/mol. The molecule has 0 amide bonds.